The van der Waals surface area contributed by atoms with Gasteiger partial charge >= 0.3 is 0 Å². The first-order chi connectivity index (χ1) is 13.6. The molecule has 146 valence electrons. The van der Waals surface area contributed by atoms with E-state index in [1.54, 1.807) is 12.1 Å². The van der Waals surface area contributed by atoms with Gasteiger partial charge in [0.15, 0.2) is 0 Å². The van der Waals surface area contributed by atoms with E-state index in [9.17, 15) is 9.59 Å². The number of hydrogen-bond donors (Lipinski definition) is 1. The number of carbonyl (C=O) groups is 2. The van der Waals surface area contributed by atoms with E-state index in [0.717, 1.165) is 50.0 Å². The molecule has 4 rings (SSSR count). The van der Waals surface area contributed by atoms with Crippen molar-refractivity contribution in [1.82, 2.24) is 4.90 Å². The minimum atomic E-state index is -0.156. The maximum atomic E-state index is 13.0. The Bertz CT molecular complexity index is 891. The normalized spacial score (nSPS) is 18.9. The standard InChI is InChI=1S/C23H27N3O2/c1-3-16-8-11-18(12-9-16)24-22(27)17-10-13-19-20(15-17)25(2)21-7-5-4-6-14-26(21)23(19)28/h8-13,15,21H,3-7,14H2,1-2H3,(H,24,27)/t21-/m0/s1. The molecular weight excluding hydrogens is 350 g/mol. The second kappa shape index (κ2) is 7.66. The van der Waals surface area contributed by atoms with Gasteiger partial charge in [-0.05, 0) is 61.6 Å². The van der Waals surface area contributed by atoms with Crippen LogP contribution >= 0.6 is 0 Å². The third kappa shape index (κ3) is 3.37. The number of anilines is 2. The molecule has 0 aliphatic carbocycles. The van der Waals surface area contributed by atoms with Crippen molar-refractivity contribution in [3.8, 4) is 0 Å². The number of benzene rings is 2. The van der Waals surface area contributed by atoms with Crippen LogP contribution in [0.5, 0.6) is 0 Å². The zero-order valence-corrected chi connectivity index (χ0v) is 16.6. The summed E-state index contributed by atoms with van der Waals surface area (Å²) in [6.07, 6.45) is 5.38. The fraction of sp³-hybridized carbons (Fsp3) is 0.391. The molecule has 1 fully saturated rings. The Morgan fingerprint density at radius 2 is 1.89 bits per heavy atom. The summed E-state index contributed by atoms with van der Waals surface area (Å²) >= 11 is 0. The lowest BCUT2D eigenvalue weighted by Gasteiger charge is -2.43. The molecule has 28 heavy (non-hydrogen) atoms. The molecule has 2 amide bonds. The number of hydrogen-bond acceptors (Lipinski definition) is 3. The monoisotopic (exact) mass is 377 g/mol. The second-order valence-electron chi connectivity index (χ2n) is 7.68. The Labute approximate surface area is 166 Å². The maximum absolute atomic E-state index is 13.0. The van der Waals surface area contributed by atoms with Crippen molar-refractivity contribution in [3.63, 3.8) is 0 Å². The van der Waals surface area contributed by atoms with E-state index >= 15 is 0 Å². The lowest BCUT2D eigenvalue weighted by Crippen LogP contribution is -2.53. The van der Waals surface area contributed by atoms with E-state index in [1.807, 2.05) is 42.3 Å². The number of amides is 2. The van der Waals surface area contributed by atoms with Gasteiger partial charge < -0.3 is 15.1 Å². The van der Waals surface area contributed by atoms with Gasteiger partial charge in [-0.15, -0.1) is 0 Å². The summed E-state index contributed by atoms with van der Waals surface area (Å²) in [5, 5.41) is 2.96. The average Bonchev–Trinajstić information content (AvgIpc) is 2.98. The molecule has 5 heteroatoms. The van der Waals surface area contributed by atoms with Gasteiger partial charge in [0, 0.05) is 24.8 Å². The van der Waals surface area contributed by atoms with Gasteiger partial charge in [0.1, 0.15) is 6.17 Å². The van der Waals surface area contributed by atoms with Crippen LogP contribution in [0.15, 0.2) is 42.5 Å². The van der Waals surface area contributed by atoms with Crippen LogP contribution < -0.4 is 10.2 Å². The fourth-order valence-electron chi connectivity index (χ4n) is 4.22. The summed E-state index contributed by atoms with van der Waals surface area (Å²) in [5.41, 5.74) is 4.12. The minimum Gasteiger partial charge on any atom is -0.354 e. The molecule has 0 bridgehead atoms. The number of rotatable bonds is 3. The summed E-state index contributed by atoms with van der Waals surface area (Å²) in [6.45, 7) is 2.91. The minimum absolute atomic E-state index is 0.0853. The van der Waals surface area contributed by atoms with Crippen LogP contribution in [0.2, 0.25) is 0 Å². The smallest absolute Gasteiger partial charge is 0.257 e. The van der Waals surface area contributed by atoms with E-state index in [0.29, 0.717) is 11.1 Å². The van der Waals surface area contributed by atoms with Gasteiger partial charge in [0.05, 0.1) is 11.3 Å². The molecule has 0 unspecified atom stereocenters. The van der Waals surface area contributed by atoms with Crippen molar-refractivity contribution in [2.24, 2.45) is 0 Å². The molecule has 2 aliphatic rings. The molecule has 0 saturated carbocycles. The Kier molecular flexibility index (Phi) is 5.07. The van der Waals surface area contributed by atoms with Gasteiger partial charge in [0.2, 0.25) is 0 Å². The highest BCUT2D eigenvalue weighted by atomic mass is 16.2. The van der Waals surface area contributed by atoms with Crippen molar-refractivity contribution < 1.29 is 9.59 Å². The van der Waals surface area contributed by atoms with Gasteiger partial charge in [-0.3, -0.25) is 9.59 Å². The van der Waals surface area contributed by atoms with Crippen molar-refractivity contribution in [3.05, 3.63) is 59.2 Å². The topological polar surface area (TPSA) is 52.7 Å². The van der Waals surface area contributed by atoms with Crippen molar-refractivity contribution in [2.45, 2.75) is 45.2 Å². The molecule has 2 aromatic rings. The molecule has 2 aliphatic heterocycles. The van der Waals surface area contributed by atoms with Crippen LogP contribution in [0.4, 0.5) is 11.4 Å². The Morgan fingerprint density at radius 3 is 2.64 bits per heavy atom. The zero-order chi connectivity index (χ0) is 19.7. The number of nitrogens with one attached hydrogen (secondary N) is 1. The Hall–Kier alpha value is -2.82. The predicted molar refractivity (Wildman–Crippen MR) is 112 cm³/mol. The van der Waals surface area contributed by atoms with E-state index in [1.165, 1.54) is 5.56 Å². The quantitative estimate of drug-likeness (QED) is 0.868. The Balaban J connectivity index is 1.59. The highest BCUT2D eigenvalue weighted by Gasteiger charge is 2.36. The fourth-order valence-corrected chi connectivity index (χ4v) is 4.22. The SMILES string of the molecule is CCc1ccc(NC(=O)c2ccc3c(c2)N(C)[C@@H]2CCCCCN2C3=O)cc1. The first-order valence-electron chi connectivity index (χ1n) is 10.2. The third-order valence-electron chi connectivity index (χ3n) is 5.92. The van der Waals surface area contributed by atoms with Crippen LogP contribution in [0.3, 0.4) is 0 Å². The van der Waals surface area contributed by atoms with Crippen molar-refractivity contribution in [2.75, 3.05) is 23.8 Å². The maximum Gasteiger partial charge on any atom is 0.257 e. The molecule has 2 aromatic carbocycles. The number of fused-ring (bicyclic) bond motifs is 2. The summed E-state index contributed by atoms with van der Waals surface area (Å²) < 4.78 is 0. The molecule has 1 N–H and O–H groups in total. The van der Waals surface area contributed by atoms with Crippen molar-refractivity contribution in [1.29, 1.82) is 0 Å². The summed E-state index contributed by atoms with van der Waals surface area (Å²) in [7, 11) is 2.03. The largest absolute Gasteiger partial charge is 0.354 e. The summed E-state index contributed by atoms with van der Waals surface area (Å²) in [4.78, 5) is 29.9. The molecule has 1 saturated heterocycles. The number of carbonyl (C=O) groups excluding carboxylic acids is 2. The third-order valence-corrected chi connectivity index (χ3v) is 5.92. The predicted octanol–water partition coefficient (Wildman–Crippen LogP) is 4.29. The van der Waals surface area contributed by atoms with Crippen LogP contribution in [0.25, 0.3) is 0 Å². The average molecular weight is 377 g/mol. The number of nitrogens with zero attached hydrogens (tertiary/aromatic N) is 2. The summed E-state index contributed by atoms with van der Waals surface area (Å²) in [5.74, 6) is -0.0710. The van der Waals surface area contributed by atoms with Gasteiger partial charge in [-0.2, -0.15) is 0 Å². The van der Waals surface area contributed by atoms with Crippen LogP contribution in [0, 0.1) is 0 Å². The molecule has 0 aromatic heterocycles. The second-order valence-corrected chi connectivity index (χ2v) is 7.68. The lowest BCUT2D eigenvalue weighted by molar-refractivity contribution is 0.0661. The van der Waals surface area contributed by atoms with E-state index < -0.39 is 0 Å². The van der Waals surface area contributed by atoms with Crippen LogP contribution in [-0.4, -0.2) is 36.5 Å². The van der Waals surface area contributed by atoms with E-state index in [2.05, 4.69) is 17.1 Å². The van der Waals surface area contributed by atoms with Gasteiger partial charge in [-0.1, -0.05) is 25.5 Å². The Morgan fingerprint density at radius 1 is 1.11 bits per heavy atom. The molecule has 0 radical (unpaired) electrons. The van der Waals surface area contributed by atoms with Crippen LogP contribution in [0.1, 0.15) is 58.9 Å². The zero-order valence-electron chi connectivity index (χ0n) is 16.6. The van der Waals surface area contributed by atoms with Crippen molar-refractivity contribution >= 4 is 23.2 Å². The van der Waals surface area contributed by atoms with Gasteiger partial charge in [0.25, 0.3) is 11.8 Å². The highest BCUT2D eigenvalue weighted by Crippen LogP contribution is 2.34. The molecular formula is C23H27N3O2. The van der Waals surface area contributed by atoms with Crippen LogP contribution in [-0.2, 0) is 6.42 Å². The van der Waals surface area contributed by atoms with Gasteiger partial charge in [-0.25, -0.2) is 0 Å². The van der Waals surface area contributed by atoms with E-state index in [4.69, 9.17) is 0 Å². The lowest BCUT2D eigenvalue weighted by atomic mass is 10.0. The first kappa shape index (κ1) is 18.5. The molecule has 5 nitrogen and oxygen atoms in total. The van der Waals surface area contributed by atoms with E-state index in [-0.39, 0.29) is 18.0 Å². The molecule has 0 spiro atoms. The number of aryl methyl sites for hydroxylation is 1. The molecule has 1 atom stereocenters. The molecule has 2 heterocycles. The summed E-state index contributed by atoms with van der Waals surface area (Å²) in [6, 6.07) is 13.3. The first-order valence-corrected chi connectivity index (χ1v) is 10.2. The highest BCUT2D eigenvalue weighted by molar-refractivity contribution is 6.08.